The van der Waals surface area contributed by atoms with Crippen LogP contribution in [0.5, 0.6) is 0 Å². The van der Waals surface area contributed by atoms with E-state index in [0.717, 1.165) is 32.5 Å². The first-order valence-corrected chi connectivity index (χ1v) is 12.3. The van der Waals surface area contributed by atoms with Gasteiger partial charge in [-0.3, -0.25) is 0 Å². The van der Waals surface area contributed by atoms with E-state index >= 15 is 0 Å². The van der Waals surface area contributed by atoms with Crippen LogP contribution in [0.25, 0.3) is 0 Å². The van der Waals surface area contributed by atoms with Crippen molar-refractivity contribution >= 4 is 21.1 Å². The minimum absolute atomic E-state index is 0.0621. The molecule has 0 unspecified atom stereocenters. The second-order valence-electron chi connectivity index (χ2n) is 5.12. The summed E-state index contributed by atoms with van der Waals surface area (Å²) < 4.78 is 14.8. The number of hydrogen-bond donors (Lipinski definition) is 0. The normalized spacial score (nSPS) is 11.4. The summed E-state index contributed by atoms with van der Waals surface area (Å²) in [6.45, 7) is 8.43. The summed E-state index contributed by atoms with van der Waals surface area (Å²) in [5, 5.41) is 0. The topological polar surface area (TPSA) is 18.5 Å². The van der Waals surface area contributed by atoms with Gasteiger partial charge in [-0.05, 0) is 0 Å². The van der Waals surface area contributed by atoms with Crippen LogP contribution in [-0.2, 0) is 9.47 Å². The number of rotatable bonds is 15. The van der Waals surface area contributed by atoms with Crippen molar-refractivity contribution in [3.8, 4) is 0 Å². The van der Waals surface area contributed by atoms with E-state index in [2.05, 4.69) is 20.8 Å². The molecule has 0 aliphatic heterocycles. The van der Waals surface area contributed by atoms with Crippen molar-refractivity contribution in [2.75, 3.05) is 13.2 Å². The SMILES string of the molecule is CCCCOC(CC[CH2][Sn][CH2]CCC)OCCCC. The zero-order chi connectivity index (χ0) is 14.2. The molecule has 0 saturated carbocycles. The van der Waals surface area contributed by atoms with E-state index in [0.29, 0.717) is 0 Å². The summed E-state index contributed by atoms with van der Waals surface area (Å²) in [6.07, 6.45) is 10.0. The third-order valence-corrected chi connectivity index (χ3v) is 7.14. The fourth-order valence-corrected chi connectivity index (χ4v) is 5.49. The van der Waals surface area contributed by atoms with Crippen molar-refractivity contribution in [3.05, 3.63) is 0 Å². The van der Waals surface area contributed by atoms with Crippen molar-refractivity contribution in [3.63, 3.8) is 0 Å². The van der Waals surface area contributed by atoms with E-state index in [1.54, 1.807) is 4.44 Å². The van der Waals surface area contributed by atoms with Gasteiger partial charge in [0.1, 0.15) is 0 Å². The second kappa shape index (κ2) is 16.8. The molecule has 0 aliphatic carbocycles. The number of ether oxygens (including phenoxy) is 2. The average molecular weight is 377 g/mol. The summed E-state index contributed by atoms with van der Waals surface area (Å²) in [7, 11) is 0. The Morgan fingerprint density at radius 1 is 0.737 bits per heavy atom. The first-order valence-electron chi connectivity index (χ1n) is 8.29. The van der Waals surface area contributed by atoms with Crippen LogP contribution >= 0.6 is 0 Å². The molecule has 0 aromatic rings. The summed E-state index contributed by atoms with van der Waals surface area (Å²) >= 11 is -0.0621. The van der Waals surface area contributed by atoms with E-state index in [-0.39, 0.29) is 27.4 Å². The third-order valence-electron chi connectivity index (χ3n) is 3.10. The van der Waals surface area contributed by atoms with Gasteiger partial charge in [-0.15, -0.1) is 0 Å². The predicted molar refractivity (Wildman–Crippen MR) is 85.0 cm³/mol. The number of unbranched alkanes of at least 4 members (excludes halogenated alkanes) is 3. The van der Waals surface area contributed by atoms with Crippen LogP contribution in [0.3, 0.4) is 0 Å². The second-order valence-corrected chi connectivity index (χ2v) is 9.41. The molecule has 0 aromatic carbocycles. The van der Waals surface area contributed by atoms with E-state index in [9.17, 15) is 0 Å². The van der Waals surface area contributed by atoms with Crippen LogP contribution in [0, 0.1) is 0 Å². The van der Waals surface area contributed by atoms with E-state index < -0.39 is 0 Å². The van der Waals surface area contributed by atoms with Gasteiger partial charge in [0.25, 0.3) is 0 Å². The van der Waals surface area contributed by atoms with Crippen molar-refractivity contribution in [2.45, 2.75) is 87.3 Å². The van der Waals surface area contributed by atoms with Crippen LogP contribution in [-0.4, -0.2) is 40.6 Å². The average Bonchev–Trinajstić information content (AvgIpc) is 2.42. The van der Waals surface area contributed by atoms with Crippen molar-refractivity contribution < 1.29 is 9.47 Å². The fourth-order valence-electron chi connectivity index (χ4n) is 1.75. The van der Waals surface area contributed by atoms with Crippen LogP contribution in [0.1, 0.15) is 72.1 Å². The predicted octanol–water partition coefficient (Wildman–Crippen LogP) is 5.07. The molecule has 0 fully saturated rings. The van der Waals surface area contributed by atoms with E-state index in [1.165, 1.54) is 36.5 Å². The molecule has 114 valence electrons. The van der Waals surface area contributed by atoms with Crippen LogP contribution < -0.4 is 0 Å². The van der Waals surface area contributed by atoms with Gasteiger partial charge in [0.05, 0.1) is 0 Å². The quantitative estimate of drug-likeness (QED) is 0.226. The summed E-state index contributed by atoms with van der Waals surface area (Å²) in [5.74, 6) is 0. The standard InChI is InChI=1S/C12H25O2.C4H9.Sn/c1-4-7-10-13-12(9-6-3)14-11-8-5-2;1-3-4-2;/h12H,3-11H2,1-2H3;1,3-4H2,2H3;. The number of hydrogen-bond acceptors (Lipinski definition) is 2. The minimum atomic E-state index is -0.0621. The van der Waals surface area contributed by atoms with Crippen molar-refractivity contribution in [2.24, 2.45) is 0 Å². The van der Waals surface area contributed by atoms with Crippen LogP contribution in [0.4, 0.5) is 0 Å². The van der Waals surface area contributed by atoms with Gasteiger partial charge in [-0.25, -0.2) is 0 Å². The Kier molecular flexibility index (Phi) is 17.4. The molecular formula is C16H34O2Sn. The molecule has 0 heterocycles. The van der Waals surface area contributed by atoms with Gasteiger partial charge in [-0.1, -0.05) is 0 Å². The molecule has 0 rings (SSSR count). The Labute approximate surface area is 131 Å². The van der Waals surface area contributed by atoms with E-state index in [1.807, 2.05) is 0 Å². The van der Waals surface area contributed by atoms with Gasteiger partial charge >= 0.3 is 131 Å². The van der Waals surface area contributed by atoms with E-state index in [4.69, 9.17) is 9.47 Å². The molecule has 0 bridgehead atoms. The Hall–Kier alpha value is 0.719. The maximum atomic E-state index is 5.85. The fraction of sp³-hybridized carbons (Fsp3) is 1.00. The molecule has 0 spiro atoms. The molecule has 0 aromatic heterocycles. The first-order chi connectivity index (χ1) is 9.35. The molecule has 2 nitrogen and oxygen atoms in total. The zero-order valence-corrected chi connectivity index (χ0v) is 16.2. The Bertz CT molecular complexity index is 155. The van der Waals surface area contributed by atoms with Crippen molar-refractivity contribution in [1.29, 1.82) is 0 Å². The molecule has 0 atom stereocenters. The van der Waals surface area contributed by atoms with Gasteiger partial charge < -0.3 is 0 Å². The van der Waals surface area contributed by atoms with Gasteiger partial charge in [-0.2, -0.15) is 0 Å². The summed E-state index contributed by atoms with van der Waals surface area (Å²) in [4.78, 5) is 0. The Morgan fingerprint density at radius 2 is 1.26 bits per heavy atom. The van der Waals surface area contributed by atoms with Crippen LogP contribution in [0.15, 0.2) is 0 Å². The van der Waals surface area contributed by atoms with Crippen molar-refractivity contribution in [1.82, 2.24) is 0 Å². The molecule has 0 amide bonds. The maximum absolute atomic E-state index is 5.85. The van der Waals surface area contributed by atoms with Gasteiger partial charge in [0, 0.05) is 0 Å². The molecule has 3 heteroatoms. The molecule has 2 radical (unpaired) electrons. The Balaban J connectivity index is 3.58. The molecular weight excluding hydrogens is 343 g/mol. The van der Waals surface area contributed by atoms with Gasteiger partial charge in [0.15, 0.2) is 0 Å². The molecule has 19 heavy (non-hydrogen) atoms. The monoisotopic (exact) mass is 378 g/mol. The molecule has 0 saturated heterocycles. The van der Waals surface area contributed by atoms with Crippen LogP contribution in [0.2, 0.25) is 8.87 Å². The summed E-state index contributed by atoms with van der Waals surface area (Å²) in [5.41, 5.74) is 0. The molecule has 0 N–H and O–H groups in total. The Morgan fingerprint density at radius 3 is 1.79 bits per heavy atom. The summed E-state index contributed by atoms with van der Waals surface area (Å²) in [6, 6.07) is 0. The van der Waals surface area contributed by atoms with Gasteiger partial charge in [0.2, 0.25) is 0 Å². The first kappa shape index (κ1) is 19.7. The third kappa shape index (κ3) is 14.9. The molecule has 0 aliphatic rings. The zero-order valence-electron chi connectivity index (χ0n) is 13.4.